The van der Waals surface area contributed by atoms with Crippen molar-refractivity contribution < 1.29 is 14.7 Å². The first-order chi connectivity index (χ1) is 7.43. The van der Waals surface area contributed by atoms with Gasteiger partial charge in [-0.2, -0.15) is 0 Å². The number of carboxylic acid groups (broad SMARTS) is 1. The maximum atomic E-state index is 11.7. The molecule has 0 aliphatic rings. The van der Waals surface area contributed by atoms with Gasteiger partial charge in [-0.1, -0.05) is 0 Å². The summed E-state index contributed by atoms with van der Waals surface area (Å²) in [4.78, 5) is 31.2. The number of hydrogen-bond acceptors (Lipinski definition) is 4. The lowest BCUT2D eigenvalue weighted by molar-refractivity contribution is 0.0685. The highest BCUT2D eigenvalue weighted by Crippen LogP contribution is 2.03. The topological polar surface area (TPSA) is 83.4 Å². The van der Waals surface area contributed by atoms with Crippen LogP contribution >= 0.6 is 0 Å². The van der Waals surface area contributed by atoms with Crippen LogP contribution in [0.2, 0.25) is 0 Å². The SMILES string of the molecule is CC(C)N(C)C(=O)c1cnc(C(=O)O)cn1. The van der Waals surface area contributed by atoms with Crippen molar-refractivity contribution in [3.63, 3.8) is 0 Å². The first-order valence-corrected chi connectivity index (χ1v) is 4.76. The van der Waals surface area contributed by atoms with Crippen molar-refractivity contribution in [1.29, 1.82) is 0 Å². The highest BCUT2D eigenvalue weighted by Gasteiger charge is 2.16. The Hall–Kier alpha value is -1.98. The molecule has 16 heavy (non-hydrogen) atoms. The summed E-state index contributed by atoms with van der Waals surface area (Å²) in [7, 11) is 1.65. The van der Waals surface area contributed by atoms with Crippen molar-refractivity contribution in [1.82, 2.24) is 14.9 Å². The normalized spacial score (nSPS) is 10.2. The van der Waals surface area contributed by atoms with Crippen molar-refractivity contribution >= 4 is 11.9 Å². The Kier molecular flexibility index (Phi) is 3.55. The lowest BCUT2D eigenvalue weighted by Gasteiger charge is -2.20. The molecule has 0 bridgehead atoms. The molecule has 0 aromatic carbocycles. The van der Waals surface area contributed by atoms with Crippen LogP contribution in [0.1, 0.15) is 34.8 Å². The first kappa shape index (κ1) is 12.1. The van der Waals surface area contributed by atoms with E-state index >= 15 is 0 Å². The maximum Gasteiger partial charge on any atom is 0.356 e. The molecule has 6 nitrogen and oxygen atoms in total. The fourth-order valence-electron chi connectivity index (χ4n) is 0.964. The van der Waals surface area contributed by atoms with E-state index in [0.29, 0.717) is 0 Å². The van der Waals surface area contributed by atoms with E-state index < -0.39 is 5.97 Å². The molecule has 0 fully saturated rings. The van der Waals surface area contributed by atoms with E-state index in [1.54, 1.807) is 7.05 Å². The molecule has 0 saturated heterocycles. The summed E-state index contributed by atoms with van der Waals surface area (Å²) in [6, 6.07) is 0.0495. The van der Waals surface area contributed by atoms with Crippen LogP contribution in [-0.4, -0.2) is 44.9 Å². The van der Waals surface area contributed by atoms with Gasteiger partial charge in [-0.25, -0.2) is 14.8 Å². The Bertz CT molecular complexity index is 400. The fourth-order valence-corrected chi connectivity index (χ4v) is 0.964. The van der Waals surface area contributed by atoms with Crippen LogP contribution < -0.4 is 0 Å². The lowest BCUT2D eigenvalue weighted by Crippen LogP contribution is -2.33. The van der Waals surface area contributed by atoms with Crippen molar-refractivity contribution in [3.8, 4) is 0 Å². The number of amides is 1. The second-order valence-electron chi connectivity index (χ2n) is 3.60. The van der Waals surface area contributed by atoms with Gasteiger partial charge in [-0.05, 0) is 13.8 Å². The minimum Gasteiger partial charge on any atom is -0.476 e. The predicted molar refractivity (Wildman–Crippen MR) is 56.2 cm³/mol. The zero-order valence-electron chi connectivity index (χ0n) is 9.34. The molecule has 0 radical (unpaired) electrons. The van der Waals surface area contributed by atoms with Crippen LogP contribution in [-0.2, 0) is 0 Å². The smallest absolute Gasteiger partial charge is 0.356 e. The first-order valence-electron chi connectivity index (χ1n) is 4.76. The second-order valence-corrected chi connectivity index (χ2v) is 3.60. The molecule has 1 rings (SSSR count). The zero-order chi connectivity index (χ0) is 12.3. The third kappa shape index (κ3) is 2.53. The minimum atomic E-state index is -1.16. The van der Waals surface area contributed by atoms with Crippen molar-refractivity contribution in [2.24, 2.45) is 0 Å². The molecular weight excluding hydrogens is 210 g/mol. The highest BCUT2D eigenvalue weighted by molar-refractivity contribution is 5.92. The molecule has 0 saturated carbocycles. The van der Waals surface area contributed by atoms with E-state index in [4.69, 9.17) is 5.11 Å². The maximum absolute atomic E-state index is 11.7. The van der Waals surface area contributed by atoms with Crippen LogP contribution in [0.5, 0.6) is 0 Å². The molecule has 1 N–H and O–H groups in total. The van der Waals surface area contributed by atoms with Crippen LogP contribution in [0.4, 0.5) is 0 Å². The van der Waals surface area contributed by atoms with Crippen LogP contribution in [0.3, 0.4) is 0 Å². The van der Waals surface area contributed by atoms with E-state index in [-0.39, 0.29) is 23.3 Å². The average Bonchev–Trinajstić information content (AvgIpc) is 2.27. The molecule has 0 atom stereocenters. The molecular formula is C10H13N3O3. The van der Waals surface area contributed by atoms with Gasteiger partial charge >= 0.3 is 5.97 Å². The number of aromatic nitrogens is 2. The Morgan fingerprint density at radius 2 is 1.75 bits per heavy atom. The summed E-state index contributed by atoms with van der Waals surface area (Å²) < 4.78 is 0. The number of aromatic carboxylic acids is 1. The minimum absolute atomic E-state index is 0.0495. The Labute approximate surface area is 92.9 Å². The van der Waals surface area contributed by atoms with Crippen LogP contribution in [0.15, 0.2) is 12.4 Å². The molecule has 0 spiro atoms. The van der Waals surface area contributed by atoms with E-state index in [0.717, 1.165) is 6.20 Å². The van der Waals surface area contributed by atoms with Gasteiger partial charge in [0.25, 0.3) is 5.91 Å². The number of carbonyl (C=O) groups excluding carboxylic acids is 1. The molecule has 1 aromatic rings. The summed E-state index contributed by atoms with van der Waals surface area (Å²) in [5.41, 5.74) is -0.0371. The highest BCUT2D eigenvalue weighted by atomic mass is 16.4. The van der Waals surface area contributed by atoms with Crippen molar-refractivity contribution in [2.45, 2.75) is 19.9 Å². The van der Waals surface area contributed by atoms with E-state index in [9.17, 15) is 9.59 Å². The summed E-state index contributed by atoms with van der Waals surface area (Å²) in [6.45, 7) is 3.74. The zero-order valence-corrected chi connectivity index (χ0v) is 9.34. The van der Waals surface area contributed by atoms with E-state index in [1.807, 2.05) is 13.8 Å². The van der Waals surface area contributed by atoms with Gasteiger partial charge in [-0.3, -0.25) is 4.79 Å². The van der Waals surface area contributed by atoms with Crippen molar-refractivity contribution in [2.75, 3.05) is 7.05 Å². The number of nitrogens with zero attached hydrogens (tertiary/aromatic N) is 3. The number of rotatable bonds is 3. The summed E-state index contributed by atoms with van der Waals surface area (Å²) in [5, 5.41) is 8.61. The largest absolute Gasteiger partial charge is 0.476 e. The molecule has 1 amide bonds. The number of carbonyl (C=O) groups is 2. The van der Waals surface area contributed by atoms with Crippen LogP contribution in [0.25, 0.3) is 0 Å². The quantitative estimate of drug-likeness (QED) is 0.813. The van der Waals surface area contributed by atoms with Gasteiger partial charge in [0.15, 0.2) is 5.69 Å². The summed E-state index contributed by atoms with van der Waals surface area (Å²) in [5.74, 6) is -1.44. The third-order valence-electron chi connectivity index (χ3n) is 2.19. The van der Waals surface area contributed by atoms with Crippen LogP contribution in [0, 0.1) is 0 Å². The average molecular weight is 223 g/mol. The summed E-state index contributed by atoms with van der Waals surface area (Å²) in [6.07, 6.45) is 2.24. The predicted octanol–water partition coefficient (Wildman–Crippen LogP) is 0.655. The number of hydrogen-bond donors (Lipinski definition) is 1. The Morgan fingerprint density at radius 1 is 1.25 bits per heavy atom. The molecule has 0 unspecified atom stereocenters. The lowest BCUT2D eigenvalue weighted by atomic mass is 10.3. The van der Waals surface area contributed by atoms with E-state index in [2.05, 4.69) is 9.97 Å². The third-order valence-corrected chi connectivity index (χ3v) is 2.19. The Balaban J connectivity index is 2.90. The molecule has 1 heterocycles. The van der Waals surface area contributed by atoms with Gasteiger partial charge in [0.05, 0.1) is 12.4 Å². The monoisotopic (exact) mass is 223 g/mol. The van der Waals surface area contributed by atoms with Gasteiger partial charge < -0.3 is 10.0 Å². The van der Waals surface area contributed by atoms with E-state index in [1.165, 1.54) is 11.1 Å². The van der Waals surface area contributed by atoms with Gasteiger partial charge in [0.1, 0.15) is 5.69 Å². The standard InChI is InChI=1S/C10H13N3O3/c1-6(2)13(3)9(14)7-4-12-8(5-11-7)10(15)16/h4-6H,1-3H3,(H,15,16). The summed E-state index contributed by atoms with van der Waals surface area (Å²) >= 11 is 0. The van der Waals surface area contributed by atoms with Crippen molar-refractivity contribution in [3.05, 3.63) is 23.8 Å². The molecule has 0 aliphatic heterocycles. The fraction of sp³-hybridized carbons (Fsp3) is 0.400. The molecule has 6 heteroatoms. The molecule has 0 aliphatic carbocycles. The number of carboxylic acids is 1. The Morgan fingerprint density at radius 3 is 2.12 bits per heavy atom. The van der Waals surface area contributed by atoms with Gasteiger partial charge in [0, 0.05) is 13.1 Å². The van der Waals surface area contributed by atoms with Gasteiger partial charge in [0.2, 0.25) is 0 Å². The van der Waals surface area contributed by atoms with Gasteiger partial charge in [-0.15, -0.1) is 0 Å². The second kappa shape index (κ2) is 4.69. The molecule has 86 valence electrons. The molecule has 1 aromatic heterocycles.